The van der Waals surface area contributed by atoms with Crippen LogP contribution < -0.4 is 10.1 Å². The molecule has 5 nitrogen and oxygen atoms in total. The summed E-state index contributed by atoms with van der Waals surface area (Å²) in [5.74, 6) is 0. The molecule has 1 aromatic heterocycles. The molecule has 1 aromatic rings. The van der Waals surface area contributed by atoms with Crippen molar-refractivity contribution in [1.82, 2.24) is 15.2 Å². The molecule has 5 heteroatoms. The van der Waals surface area contributed by atoms with Crippen LogP contribution in [0.3, 0.4) is 0 Å². The summed E-state index contributed by atoms with van der Waals surface area (Å²) in [4.78, 5) is 6.42. The van der Waals surface area contributed by atoms with E-state index in [2.05, 4.69) is 29.0 Å². The van der Waals surface area contributed by atoms with Gasteiger partial charge in [-0.05, 0) is 40.8 Å². The van der Waals surface area contributed by atoms with E-state index in [9.17, 15) is 0 Å². The van der Waals surface area contributed by atoms with Crippen molar-refractivity contribution in [3.63, 3.8) is 0 Å². The molecule has 1 aliphatic carbocycles. The Hall–Kier alpha value is -1.07. The Morgan fingerprint density at radius 2 is 2.22 bits per heavy atom. The third kappa shape index (κ3) is 3.71. The maximum Gasteiger partial charge on any atom is 0.393 e. The van der Waals surface area contributed by atoms with E-state index in [0.29, 0.717) is 18.7 Å². The number of aromatic nitrogens is 1. The molecule has 0 aliphatic heterocycles. The number of likely N-dealkylation sites (N-methyl/N-ethyl adjacent to an activating group) is 1. The smallest absolute Gasteiger partial charge is 0.393 e. The summed E-state index contributed by atoms with van der Waals surface area (Å²) in [7, 11) is 4.06. The third-order valence-electron chi connectivity index (χ3n) is 3.44. The van der Waals surface area contributed by atoms with E-state index in [4.69, 9.17) is 9.15 Å². The van der Waals surface area contributed by atoms with Gasteiger partial charge in [0.25, 0.3) is 0 Å². The molecule has 1 heterocycles. The van der Waals surface area contributed by atoms with Gasteiger partial charge in [-0.1, -0.05) is 0 Å². The van der Waals surface area contributed by atoms with Gasteiger partial charge in [-0.3, -0.25) is 0 Å². The Morgan fingerprint density at radius 3 is 2.83 bits per heavy atom. The normalized spacial score (nSPS) is 16.3. The van der Waals surface area contributed by atoms with Crippen LogP contribution in [0.2, 0.25) is 0 Å². The lowest BCUT2D eigenvalue weighted by molar-refractivity contribution is 0.0928. The number of rotatable bonds is 7. The average molecular weight is 253 g/mol. The van der Waals surface area contributed by atoms with Crippen molar-refractivity contribution in [2.45, 2.75) is 44.8 Å². The van der Waals surface area contributed by atoms with Crippen LogP contribution in [0.15, 0.2) is 10.7 Å². The first kappa shape index (κ1) is 13.4. The molecular weight excluding hydrogens is 230 g/mol. The second kappa shape index (κ2) is 5.28. The van der Waals surface area contributed by atoms with Gasteiger partial charge in [0.1, 0.15) is 12.9 Å². The fourth-order valence-corrected chi connectivity index (χ4v) is 1.34. The van der Waals surface area contributed by atoms with E-state index in [0.717, 1.165) is 12.2 Å². The van der Waals surface area contributed by atoms with Crippen LogP contribution in [-0.2, 0) is 6.54 Å². The van der Waals surface area contributed by atoms with Crippen LogP contribution in [0.25, 0.3) is 0 Å². The summed E-state index contributed by atoms with van der Waals surface area (Å²) < 4.78 is 10.9. The SMILES string of the molecule is CN(C)C(C)(C)COc1nc(CNC2CC2)co1. The number of hydrogen-bond donors (Lipinski definition) is 1. The molecule has 0 radical (unpaired) electrons. The van der Waals surface area contributed by atoms with Gasteiger partial charge in [-0.15, -0.1) is 0 Å². The van der Waals surface area contributed by atoms with Gasteiger partial charge >= 0.3 is 6.08 Å². The third-order valence-corrected chi connectivity index (χ3v) is 3.44. The van der Waals surface area contributed by atoms with Crippen molar-refractivity contribution in [2.75, 3.05) is 20.7 Å². The van der Waals surface area contributed by atoms with Crippen LogP contribution in [0, 0.1) is 0 Å². The molecule has 0 saturated heterocycles. The molecule has 1 N–H and O–H groups in total. The van der Waals surface area contributed by atoms with Crippen molar-refractivity contribution in [2.24, 2.45) is 0 Å². The van der Waals surface area contributed by atoms with Crippen molar-refractivity contribution < 1.29 is 9.15 Å². The largest absolute Gasteiger partial charge is 0.448 e. The van der Waals surface area contributed by atoms with E-state index in [1.807, 2.05) is 14.1 Å². The number of hydrogen-bond acceptors (Lipinski definition) is 5. The lowest BCUT2D eigenvalue weighted by Gasteiger charge is -2.31. The maximum atomic E-state index is 5.59. The van der Waals surface area contributed by atoms with Crippen molar-refractivity contribution in [3.05, 3.63) is 12.0 Å². The highest BCUT2D eigenvalue weighted by Gasteiger charge is 2.23. The summed E-state index contributed by atoms with van der Waals surface area (Å²) in [6, 6.07) is 0.679. The molecule has 0 spiro atoms. The van der Waals surface area contributed by atoms with E-state index >= 15 is 0 Å². The minimum atomic E-state index is -0.0408. The molecule has 18 heavy (non-hydrogen) atoms. The number of nitrogens with zero attached hydrogens (tertiary/aromatic N) is 2. The van der Waals surface area contributed by atoms with E-state index in [-0.39, 0.29) is 5.54 Å². The van der Waals surface area contributed by atoms with Crippen molar-refractivity contribution >= 4 is 0 Å². The lowest BCUT2D eigenvalue weighted by Crippen LogP contribution is -2.43. The minimum Gasteiger partial charge on any atom is -0.448 e. The van der Waals surface area contributed by atoms with Crippen molar-refractivity contribution in [3.8, 4) is 6.08 Å². The van der Waals surface area contributed by atoms with E-state index < -0.39 is 0 Å². The first-order chi connectivity index (χ1) is 8.47. The number of oxazole rings is 1. The fraction of sp³-hybridized carbons (Fsp3) is 0.769. The van der Waals surface area contributed by atoms with Crippen LogP contribution in [-0.4, -0.2) is 42.2 Å². The summed E-state index contributed by atoms with van der Waals surface area (Å²) in [5.41, 5.74) is 0.862. The average Bonchev–Trinajstić information content (AvgIpc) is 3.03. The van der Waals surface area contributed by atoms with Crippen LogP contribution in [0.4, 0.5) is 0 Å². The Morgan fingerprint density at radius 1 is 1.50 bits per heavy atom. The quantitative estimate of drug-likeness (QED) is 0.800. The highest BCUT2D eigenvalue weighted by molar-refractivity contribution is 5.01. The molecule has 1 aliphatic rings. The highest BCUT2D eigenvalue weighted by Crippen LogP contribution is 2.20. The molecule has 1 saturated carbocycles. The van der Waals surface area contributed by atoms with Gasteiger partial charge in [-0.25, -0.2) is 0 Å². The molecule has 2 rings (SSSR count). The van der Waals surface area contributed by atoms with Gasteiger partial charge < -0.3 is 19.4 Å². The van der Waals surface area contributed by atoms with E-state index in [1.54, 1.807) is 6.26 Å². The molecule has 0 unspecified atom stereocenters. The first-order valence-electron chi connectivity index (χ1n) is 6.45. The Bertz CT molecular complexity index is 383. The van der Waals surface area contributed by atoms with Gasteiger partial charge in [0, 0.05) is 18.1 Å². The van der Waals surface area contributed by atoms with Gasteiger partial charge in [0.15, 0.2) is 0 Å². The standard InChI is InChI=1S/C13H23N3O2/c1-13(2,16(3)4)9-18-12-15-11(8-17-12)7-14-10-5-6-10/h8,10,14H,5-7,9H2,1-4H3. The number of ether oxygens (including phenoxy) is 1. The molecule has 0 atom stereocenters. The van der Waals surface area contributed by atoms with Gasteiger partial charge in [-0.2, -0.15) is 4.98 Å². The van der Waals surface area contributed by atoms with Crippen LogP contribution >= 0.6 is 0 Å². The van der Waals surface area contributed by atoms with Gasteiger partial charge in [0.05, 0.1) is 5.69 Å². The summed E-state index contributed by atoms with van der Waals surface area (Å²) in [6.45, 7) is 5.54. The van der Waals surface area contributed by atoms with Gasteiger partial charge in [0.2, 0.25) is 0 Å². The summed E-state index contributed by atoms with van der Waals surface area (Å²) in [6.07, 6.45) is 4.57. The zero-order valence-corrected chi connectivity index (χ0v) is 11.7. The summed E-state index contributed by atoms with van der Waals surface area (Å²) in [5, 5.41) is 3.39. The maximum absolute atomic E-state index is 5.59. The molecule has 0 amide bonds. The fourth-order valence-electron chi connectivity index (χ4n) is 1.34. The highest BCUT2D eigenvalue weighted by atomic mass is 16.6. The predicted octanol–water partition coefficient (Wildman–Crippen LogP) is 1.65. The second-order valence-electron chi connectivity index (χ2n) is 5.76. The van der Waals surface area contributed by atoms with Crippen LogP contribution in [0.5, 0.6) is 6.08 Å². The molecule has 0 bridgehead atoms. The monoisotopic (exact) mass is 253 g/mol. The lowest BCUT2D eigenvalue weighted by atomic mass is 10.1. The minimum absolute atomic E-state index is 0.0408. The predicted molar refractivity (Wildman–Crippen MR) is 69.6 cm³/mol. The Kier molecular flexibility index (Phi) is 3.92. The zero-order chi connectivity index (χ0) is 13.2. The molecule has 1 fully saturated rings. The topological polar surface area (TPSA) is 50.5 Å². The molecular formula is C13H23N3O2. The summed E-state index contributed by atoms with van der Waals surface area (Å²) >= 11 is 0. The van der Waals surface area contributed by atoms with E-state index in [1.165, 1.54) is 12.8 Å². The Labute approximate surface area is 109 Å². The molecule has 102 valence electrons. The molecule has 0 aromatic carbocycles. The zero-order valence-electron chi connectivity index (χ0n) is 11.7. The first-order valence-corrected chi connectivity index (χ1v) is 6.45. The second-order valence-corrected chi connectivity index (χ2v) is 5.76. The Balaban J connectivity index is 1.78. The van der Waals surface area contributed by atoms with Crippen molar-refractivity contribution in [1.29, 1.82) is 0 Å². The van der Waals surface area contributed by atoms with Crippen LogP contribution in [0.1, 0.15) is 32.4 Å². The number of nitrogens with one attached hydrogen (secondary N) is 1.